The van der Waals surface area contributed by atoms with Gasteiger partial charge in [-0.15, -0.1) is 0 Å². The van der Waals surface area contributed by atoms with Crippen molar-refractivity contribution in [1.82, 2.24) is 10.2 Å². The van der Waals surface area contributed by atoms with Crippen molar-refractivity contribution >= 4 is 51.5 Å². The molecular weight excluding hydrogens is 526 g/mol. The molecule has 184 valence electrons. The van der Waals surface area contributed by atoms with Gasteiger partial charge in [-0.25, -0.2) is 14.5 Å². The predicted molar refractivity (Wildman–Crippen MR) is 128 cm³/mol. The van der Waals surface area contributed by atoms with Crippen LogP contribution in [0.25, 0.3) is 6.08 Å². The molecule has 11 nitrogen and oxygen atoms in total. The molecule has 3 rings (SSSR count). The van der Waals surface area contributed by atoms with Crippen LogP contribution in [0.5, 0.6) is 17.2 Å². The van der Waals surface area contributed by atoms with E-state index in [0.29, 0.717) is 21.5 Å². The molecule has 12 heteroatoms. The molecule has 0 spiro atoms. The van der Waals surface area contributed by atoms with Crippen LogP contribution in [0.2, 0.25) is 0 Å². The lowest BCUT2D eigenvalue weighted by molar-refractivity contribution is -0.139. The van der Waals surface area contributed by atoms with Gasteiger partial charge in [0.05, 0.1) is 19.4 Å². The van der Waals surface area contributed by atoms with E-state index in [1.165, 1.54) is 25.3 Å². The average Bonchev–Trinajstić information content (AvgIpc) is 3.07. The Balaban J connectivity index is 1.78. The first kappa shape index (κ1) is 25.6. The number of rotatable bonds is 10. The minimum Gasteiger partial charge on any atom is -0.495 e. The number of urea groups is 1. The Morgan fingerprint density at radius 2 is 1.86 bits per heavy atom. The van der Waals surface area contributed by atoms with Gasteiger partial charge >= 0.3 is 12.0 Å². The fraction of sp³-hybridized carbons (Fsp3) is 0.217. The number of nitrogens with one attached hydrogen (secondary N) is 2. The molecule has 35 heavy (non-hydrogen) atoms. The van der Waals surface area contributed by atoms with Crippen molar-refractivity contribution in [2.45, 2.75) is 6.92 Å². The number of ether oxygens (including phenoxy) is 3. The number of anilines is 1. The topological polar surface area (TPSA) is 144 Å². The molecule has 1 fully saturated rings. The molecule has 1 saturated heterocycles. The standard InChI is InChI=1S/C23H22BrN3O8/c1-3-34-18-9-13(14(24)10-19(18)35-12-21(29)30)8-16-22(31)27(23(32)26-16)11-20(28)25-15-6-4-5-7-17(15)33-2/h4-10H,3,11-12H2,1-2H3,(H,25,28)(H,26,32)(H,29,30)/b16-8+. The zero-order chi connectivity index (χ0) is 25.5. The molecule has 0 radical (unpaired) electrons. The third-order valence-electron chi connectivity index (χ3n) is 4.66. The van der Waals surface area contributed by atoms with Crippen LogP contribution in [-0.4, -0.2) is 60.7 Å². The lowest BCUT2D eigenvalue weighted by atomic mass is 10.1. The highest BCUT2D eigenvalue weighted by Crippen LogP contribution is 2.35. The summed E-state index contributed by atoms with van der Waals surface area (Å²) >= 11 is 3.35. The number of halogens is 1. The number of carbonyl (C=O) groups is 4. The van der Waals surface area contributed by atoms with E-state index in [0.717, 1.165) is 4.90 Å². The molecule has 3 N–H and O–H groups in total. The minimum atomic E-state index is -1.15. The summed E-state index contributed by atoms with van der Waals surface area (Å²) in [6.07, 6.45) is 1.41. The summed E-state index contributed by atoms with van der Waals surface area (Å²) in [6, 6.07) is 9.02. The molecule has 2 aromatic carbocycles. The monoisotopic (exact) mass is 547 g/mol. The van der Waals surface area contributed by atoms with E-state index in [4.69, 9.17) is 19.3 Å². The van der Waals surface area contributed by atoms with E-state index < -0.39 is 37.0 Å². The number of carboxylic acid groups (broad SMARTS) is 1. The number of hydrogen-bond donors (Lipinski definition) is 3. The molecule has 1 aliphatic rings. The summed E-state index contributed by atoms with van der Waals surface area (Å²) in [6.45, 7) is 0.961. The number of carbonyl (C=O) groups excluding carboxylic acids is 3. The average molecular weight is 548 g/mol. The van der Waals surface area contributed by atoms with Crippen molar-refractivity contribution in [3.63, 3.8) is 0 Å². The molecule has 1 heterocycles. The van der Waals surface area contributed by atoms with Gasteiger partial charge in [0, 0.05) is 4.47 Å². The molecule has 2 aromatic rings. The smallest absolute Gasteiger partial charge is 0.341 e. The quantitative estimate of drug-likeness (QED) is 0.304. The van der Waals surface area contributed by atoms with Crippen molar-refractivity contribution in [3.05, 3.63) is 52.1 Å². The molecule has 4 amide bonds. The van der Waals surface area contributed by atoms with Gasteiger partial charge in [-0.1, -0.05) is 28.1 Å². The van der Waals surface area contributed by atoms with Gasteiger partial charge in [-0.05, 0) is 42.8 Å². The van der Waals surface area contributed by atoms with Crippen LogP contribution in [0.15, 0.2) is 46.6 Å². The third kappa shape index (κ3) is 6.29. The summed E-state index contributed by atoms with van der Waals surface area (Å²) < 4.78 is 16.4. The normalized spacial score (nSPS) is 14.0. The fourth-order valence-electron chi connectivity index (χ4n) is 3.13. The van der Waals surface area contributed by atoms with Gasteiger partial charge in [-0.3, -0.25) is 9.59 Å². The Morgan fingerprint density at radius 3 is 2.54 bits per heavy atom. The first-order valence-corrected chi connectivity index (χ1v) is 11.1. The van der Waals surface area contributed by atoms with Gasteiger partial charge in [0.15, 0.2) is 18.1 Å². The van der Waals surface area contributed by atoms with Gasteiger partial charge in [0.1, 0.15) is 18.0 Å². The van der Waals surface area contributed by atoms with Gasteiger partial charge in [0.2, 0.25) is 5.91 Å². The van der Waals surface area contributed by atoms with Crippen molar-refractivity contribution in [2.75, 3.05) is 32.2 Å². The number of para-hydroxylation sites is 2. The second-order valence-electron chi connectivity index (χ2n) is 7.06. The molecule has 0 saturated carbocycles. The number of carboxylic acids is 1. The third-order valence-corrected chi connectivity index (χ3v) is 5.35. The van der Waals surface area contributed by atoms with Crippen molar-refractivity contribution in [3.8, 4) is 17.2 Å². The zero-order valence-electron chi connectivity index (χ0n) is 18.8. The van der Waals surface area contributed by atoms with Crippen LogP contribution in [0.4, 0.5) is 10.5 Å². The van der Waals surface area contributed by atoms with E-state index in [1.54, 1.807) is 31.2 Å². The number of nitrogens with zero attached hydrogens (tertiary/aromatic N) is 1. The molecule has 1 aliphatic heterocycles. The van der Waals surface area contributed by atoms with E-state index >= 15 is 0 Å². The maximum Gasteiger partial charge on any atom is 0.341 e. The summed E-state index contributed by atoms with van der Waals surface area (Å²) in [7, 11) is 1.46. The summed E-state index contributed by atoms with van der Waals surface area (Å²) in [4.78, 5) is 49.3. The largest absolute Gasteiger partial charge is 0.495 e. The number of amides is 4. The summed E-state index contributed by atoms with van der Waals surface area (Å²) in [5.41, 5.74) is 0.808. The Labute approximate surface area is 208 Å². The fourth-order valence-corrected chi connectivity index (χ4v) is 3.57. The molecule has 0 aromatic heterocycles. The van der Waals surface area contributed by atoms with E-state index in [-0.39, 0.29) is 23.8 Å². The van der Waals surface area contributed by atoms with E-state index in [2.05, 4.69) is 26.6 Å². The highest BCUT2D eigenvalue weighted by atomic mass is 79.9. The maximum absolute atomic E-state index is 12.8. The highest BCUT2D eigenvalue weighted by Gasteiger charge is 2.35. The lowest BCUT2D eigenvalue weighted by Gasteiger charge is -2.14. The molecular formula is C23H22BrN3O8. The second kappa shape index (κ2) is 11.4. The molecule has 0 atom stereocenters. The minimum absolute atomic E-state index is 0.0533. The van der Waals surface area contributed by atoms with Gasteiger partial charge in [-0.2, -0.15) is 0 Å². The molecule has 0 unspecified atom stereocenters. The Kier molecular flexibility index (Phi) is 8.31. The van der Waals surface area contributed by atoms with Gasteiger partial charge < -0.3 is 30.0 Å². The first-order valence-electron chi connectivity index (χ1n) is 10.3. The van der Waals surface area contributed by atoms with Crippen LogP contribution in [0, 0.1) is 0 Å². The highest BCUT2D eigenvalue weighted by molar-refractivity contribution is 9.10. The number of hydrogen-bond acceptors (Lipinski definition) is 7. The second-order valence-corrected chi connectivity index (χ2v) is 7.92. The molecule has 0 aliphatic carbocycles. The van der Waals surface area contributed by atoms with Crippen molar-refractivity contribution < 1.29 is 38.5 Å². The number of aliphatic carboxylic acids is 1. The predicted octanol–water partition coefficient (Wildman–Crippen LogP) is 2.85. The summed E-state index contributed by atoms with van der Waals surface area (Å²) in [5, 5.41) is 13.9. The zero-order valence-corrected chi connectivity index (χ0v) is 20.4. The SMILES string of the molecule is CCOc1cc(/C=C2/NC(=O)N(CC(=O)Nc3ccccc3OC)C2=O)c(Br)cc1OCC(=O)O. The molecule has 0 bridgehead atoms. The van der Waals surface area contributed by atoms with Crippen LogP contribution in [-0.2, 0) is 14.4 Å². The van der Waals surface area contributed by atoms with Crippen molar-refractivity contribution in [1.29, 1.82) is 0 Å². The maximum atomic E-state index is 12.8. The van der Waals surface area contributed by atoms with E-state index in [9.17, 15) is 19.2 Å². The summed E-state index contributed by atoms with van der Waals surface area (Å²) in [5.74, 6) is -1.54. The lowest BCUT2D eigenvalue weighted by Crippen LogP contribution is -2.38. The van der Waals surface area contributed by atoms with Crippen molar-refractivity contribution in [2.24, 2.45) is 0 Å². The number of methoxy groups -OCH3 is 1. The number of benzene rings is 2. The first-order chi connectivity index (χ1) is 16.7. The van der Waals surface area contributed by atoms with E-state index in [1.807, 2.05) is 0 Å². The Hall–Kier alpha value is -4.06. The van der Waals surface area contributed by atoms with Crippen LogP contribution in [0.3, 0.4) is 0 Å². The van der Waals surface area contributed by atoms with Crippen LogP contribution < -0.4 is 24.8 Å². The van der Waals surface area contributed by atoms with Crippen LogP contribution >= 0.6 is 15.9 Å². The van der Waals surface area contributed by atoms with Gasteiger partial charge in [0.25, 0.3) is 5.91 Å². The Morgan fingerprint density at radius 1 is 1.14 bits per heavy atom. The Bertz CT molecular complexity index is 1200. The van der Waals surface area contributed by atoms with Crippen LogP contribution in [0.1, 0.15) is 12.5 Å². The number of imide groups is 1.